The van der Waals surface area contributed by atoms with E-state index in [1.807, 2.05) is 13.8 Å². The zero-order valence-corrected chi connectivity index (χ0v) is 16.3. The van der Waals surface area contributed by atoms with Gasteiger partial charge in [0.25, 0.3) is 0 Å². The predicted octanol–water partition coefficient (Wildman–Crippen LogP) is 3.00. The van der Waals surface area contributed by atoms with Crippen molar-refractivity contribution in [2.45, 2.75) is 33.2 Å². The van der Waals surface area contributed by atoms with Gasteiger partial charge in [-0.25, -0.2) is 4.39 Å². The third-order valence-corrected chi connectivity index (χ3v) is 5.12. The molecule has 2 aromatic rings. The molecule has 28 heavy (non-hydrogen) atoms. The van der Waals surface area contributed by atoms with Crippen molar-refractivity contribution in [1.29, 1.82) is 0 Å². The molecule has 0 unspecified atom stereocenters. The standard InChI is InChI=1S/C21H26FN3O3/c1-14-11-17(15(2)28-14)13-25-9-7-16(8-10-25)12-23-20(26)21(27)24-19-6-4-3-5-18(19)22/h3-6,11,16H,7-10,12-13H2,1-2H3,(H,23,26)(H,24,27). The number of carbonyl (C=O) groups is 2. The zero-order valence-electron chi connectivity index (χ0n) is 16.3. The number of nitrogens with one attached hydrogen (secondary N) is 2. The number of nitrogens with zero attached hydrogens (tertiary/aromatic N) is 1. The van der Waals surface area contributed by atoms with Crippen LogP contribution in [0.1, 0.15) is 29.9 Å². The van der Waals surface area contributed by atoms with Gasteiger partial charge in [-0.05, 0) is 63.9 Å². The van der Waals surface area contributed by atoms with Crippen LogP contribution in [0.15, 0.2) is 34.7 Å². The minimum atomic E-state index is -0.853. The van der Waals surface area contributed by atoms with Crippen LogP contribution >= 0.6 is 0 Å². The summed E-state index contributed by atoms with van der Waals surface area (Å²) in [5, 5.41) is 4.96. The van der Waals surface area contributed by atoms with E-state index in [0.717, 1.165) is 44.0 Å². The van der Waals surface area contributed by atoms with Crippen molar-refractivity contribution in [2.75, 3.05) is 25.0 Å². The zero-order chi connectivity index (χ0) is 20.1. The second-order valence-electron chi connectivity index (χ2n) is 7.30. The van der Waals surface area contributed by atoms with Gasteiger partial charge in [-0.1, -0.05) is 12.1 Å². The third kappa shape index (κ3) is 5.19. The normalized spacial score (nSPS) is 15.4. The Labute approximate surface area is 164 Å². The van der Waals surface area contributed by atoms with Crippen LogP contribution in [0.5, 0.6) is 0 Å². The Morgan fingerprint density at radius 3 is 2.54 bits per heavy atom. The number of amides is 2. The Hall–Kier alpha value is -2.67. The van der Waals surface area contributed by atoms with Gasteiger partial charge in [0.05, 0.1) is 5.69 Å². The molecule has 1 saturated heterocycles. The molecule has 150 valence electrons. The first-order chi connectivity index (χ1) is 13.4. The summed E-state index contributed by atoms with van der Waals surface area (Å²) in [5.74, 6) is 0.0581. The van der Waals surface area contributed by atoms with Crippen LogP contribution in [-0.4, -0.2) is 36.3 Å². The third-order valence-electron chi connectivity index (χ3n) is 5.12. The molecule has 1 fully saturated rings. The van der Waals surface area contributed by atoms with Crippen LogP contribution in [0.3, 0.4) is 0 Å². The van der Waals surface area contributed by atoms with Crippen molar-refractivity contribution in [3.05, 3.63) is 53.2 Å². The van der Waals surface area contributed by atoms with Gasteiger partial charge in [-0.3, -0.25) is 14.5 Å². The number of benzene rings is 1. The average Bonchev–Trinajstić information content (AvgIpc) is 2.99. The molecule has 0 radical (unpaired) electrons. The highest BCUT2D eigenvalue weighted by atomic mass is 19.1. The van der Waals surface area contributed by atoms with Crippen LogP contribution in [0.2, 0.25) is 0 Å². The van der Waals surface area contributed by atoms with Gasteiger partial charge in [0.2, 0.25) is 0 Å². The Bertz CT molecular complexity index is 841. The van der Waals surface area contributed by atoms with Gasteiger partial charge in [0, 0.05) is 18.7 Å². The molecule has 2 amide bonds. The maximum atomic E-state index is 13.6. The van der Waals surface area contributed by atoms with E-state index in [9.17, 15) is 14.0 Å². The average molecular weight is 387 g/mol. The Morgan fingerprint density at radius 1 is 1.18 bits per heavy atom. The van der Waals surface area contributed by atoms with Gasteiger partial charge in [-0.15, -0.1) is 0 Å². The van der Waals surface area contributed by atoms with Gasteiger partial charge in [0.1, 0.15) is 17.3 Å². The van der Waals surface area contributed by atoms with Crippen molar-refractivity contribution >= 4 is 17.5 Å². The number of furan rings is 1. The van der Waals surface area contributed by atoms with Gasteiger partial charge in [-0.2, -0.15) is 0 Å². The Balaban J connectivity index is 1.40. The Kier molecular flexibility index (Phi) is 6.46. The second-order valence-corrected chi connectivity index (χ2v) is 7.30. The highest BCUT2D eigenvalue weighted by Gasteiger charge is 2.22. The highest BCUT2D eigenvalue weighted by Crippen LogP contribution is 2.21. The van der Waals surface area contributed by atoms with E-state index in [0.29, 0.717) is 12.5 Å². The van der Waals surface area contributed by atoms with E-state index in [2.05, 4.69) is 21.6 Å². The number of anilines is 1. The van der Waals surface area contributed by atoms with Crippen LogP contribution in [0.4, 0.5) is 10.1 Å². The minimum absolute atomic E-state index is 0.000681. The minimum Gasteiger partial charge on any atom is -0.466 e. The molecule has 7 heteroatoms. The van der Waals surface area contributed by atoms with Crippen molar-refractivity contribution in [1.82, 2.24) is 10.2 Å². The van der Waals surface area contributed by atoms with Crippen molar-refractivity contribution in [3.8, 4) is 0 Å². The summed E-state index contributed by atoms with van der Waals surface area (Å²) in [4.78, 5) is 26.3. The van der Waals surface area contributed by atoms with Gasteiger partial charge >= 0.3 is 11.8 Å². The molecule has 6 nitrogen and oxygen atoms in total. The van der Waals surface area contributed by atoms with Gasteiger partial charge < -0.3 is 15.1 Å². The first kappa shape index (κ1) is 20.1. The molecule has 0 aliphatic carbocycles. The van der Waals surface area contributed by atoms with Crippen molar-refractivity contribution < 1.29 is 18.4 Å². The monoisotopic (exact) mass is 387 g/mol. The van der Waals surface area contributed by atoms with Crippen molar-refractivity contribution in [2.24, 2.45) is 5.92 Å². The lowest BCUT2D eigenvalue weighted by Gasteiger charge is -2.31. The number of aryl methyl sites for hydroxylation is 2. The first-order valence-electron chi connectivity index (χ1n) is 9.54. The summed E-state index contributed by atoms with van der Waals surface area (Å²) in [6, 6.07) is 7.84. The molecule has 1 aliphatic rings. The fourth-order valence-corrected chi connectivity index (χ4v) is 3.49. The molecule has 0 bridgehead atoms. The SMILES string of the molecule is Cc1cc(CN2CCC(CNC(=O)C(=O)Nc3ccccc3F)CC2)c(C)o1. The molecule has 2 N–H and O–H groups in total. The summed E-state index contributed by atoms with van der Waals surface area (Å²) in [6.07, 6.45) is 1.90. The smallest absolute Gasteiger partial charge is 0.313 e. The molecular formula is C21H26FN3O3. The quantitative estimate of drug-likeness (QED) is 0.774. The van der Waals surface area contributed by atoms with E-state index < -0.39 is 17.6 Å². The number of hydrogen-bond acceptors (Lipinski definition) is 4. The lowest BCUT2D eigenvalue weighted by molar-refractivity contribution is -0.136. The number of likely N-dealkylation sites (tertiary alicyclic amines) is 1. The van der Waals surface area contributed by atoms with Gasteiger partial charge in [0.15, 0.2) is 0 Å². The fourth-order valence-electron chi connectivity index (χ4n) is 3.49. The molecule has 1 aromatic carbocycles. The van der Waals surface area contributed by atoms with Crippen LogP contribution in [0.25, 0.3) is 0 Å². The van der Waals surface area contributed by atoms with E-state index in [1.54, 1.807) is 6.07 Å². The fraction of sp³-hybridized carbons (Fsp3) is 0.429. The van der Waals surface area contributed by atoms with E-state index in [4.69, 9.17) is 4.42 Å². The lowest BCUT2D eigenvalue weighted by atomic mass is 9.96. The summed E-state index contributed by atoms with van der Waals surface area (Å²) < 4.78 is 19.1. The molecule has 2 heterocycles. The number of piperidine rings is 1. The molecular weight excluding hydrogens is 361 g/mol. The largest absolute Gasteiger partial charge is 0.466 e. The maximum Gasteiger partial charge on any atom is 0.313 e. The predicted molar refractivity (Wildman–Crippen MR) is 104 cm³/mol. The molecule has 1 aromatic heterocycles. The number of halogens is 1. The van der Waals surface area contributed by atoms with E-state index >= 15 is 0 Å². The molecule has 0 atom stereocenters. The highest BCUT2D eigenvalue weighted by molar-refractivity contribution is 6.39. The summed E-state index contributed by atoms with van der Waals surface area (Å²) >= 11 is 0. The Morgan fingerprint density at radius 2 is 1.89 bits per heavy atom. The topological polar surface area (TPSA) is 74.6 Å². The van der Waals surface area contributed by atoms with Crippen LogP contribution < -0.4 is 10.6 Å². The summed E-state index contributed by atoms with van der Waals surface area (Å²) in [6.45, 7) is 7.12. The van der Waals surface area contributed by atoms with E-state index in [1.165, 1.54) is 23.8 Å². The molecule has 0 saturated carbocycles. The van der Waals surface area contributed by atoms with Crippen molar-refractivity contribution in [3.63, 3.8) is 0 Å². The lowest BCUT2D eigenvalue weighted by Crippen LogP contribution is -2.41. The number of rotatable bonds is 5. The molecule has 3 rings (SSSR count). The first-order valence-corrected chi connectivity index (χ1v) is 9.54. The number of hydrogen-bond donors (Lipinski definition) is 2. The maximum absolute atomic E-state index is 13.6. The van der Waals surface area contributed by atoms with Crippen LogP contribution in [0, 0.1) is 25.6 Å². The summed E-state index contributed by atoms with van der Waals surface area (Å²) in [5.41, 5.74) is 1.22. The molecule has 0 spiro atoms. The van der Waals surface area contributed by atoms with E-state index in [-0.39, 0.29) is 5.69 Å². The number of para-hydroxylation sites is 1. The second kappa shape index (κ2) is 9.01. The summed E-state index contributed by atoms with van der Waals surface area (Å²) in [7, 11) is 0. The number of carbonyl (C=O) groups excluding carboxylic acids is 2. The molecule has 1 aliphatic heterocycles. The van der Waals surface area contributed by atoms with Crippen LogP contribution in [-0.2, 0) is 16.1 Å².